The average molecular weight is 420 g/mol. The number of aryl methyl sites for hydroxylation is 2. The van der Waals surface area contributed by atoms with Crippen LogP contribution in [-0.2, 0) is 21.2 Å². The maximum atomic E-state index is 12.6. The fraction of sp³-hybridized carbons (Fsp3) is 0.350. The zero-order chi connectivity index (χ0) is 21.8. The molecule has 9 heteroatoms. The Morgan fingerprint density at radius 2 is 1.83 bits per heavy atom. The van der Waals surface area contributed by atoms with Gasteiger partial charge in [-0.15, -0.1) is 0 Å². The summed E-state index contributed by atoms with van der Waals surface area (Å²) in [4.78, 5) is 23.0. The second-order valence-electron chi connectivity index (χ2n) is 6.88. The predicted octanol–water partition coefficient (Wildman–Crippen LogP) is 3.11. The Labute approximate surface area is 170 Å². The molecule has 156 valence electrons. The minimum atomic E-state index is -3.84. The fourth-order valence-corrected chi connectivity index (χ4v) is 3.81. The first-order chi connectivity index (χ1) is 13.5. The molecule has 2 aromatic carbocycles. The van der Waals surface area contributed by atoms with Crippen LogP contribution < -0.4 is 9.62 Å². The molecule has 8 nitrogen and oxygen atoms in total. The van der Waals surface area contributed by atoms with Crippen LogP contribution in [0.1, 0.15) is 36.6 Å². The molecule has 0 aliphatic carbocycles. The number of hydrogen-bond acceptors (Lipinski definition) is 5. The van der Waals surface area contributed by atoms with Crippen LogP contribution in [-0.4, -0.2) is 32.0 Å². The van der Waals surface area contributed by atoms with Crippen molar-refractivity contribution >= 4 is 27.3 Å². The van der Waals surface area contributed by atoms with Crippen LogP contribution in [0.25, 0.3) is 0 Å². The third-order valence-corrected chi connectivity index (χ3v) is 5.75. The van der Waals surface area contributed by atoms with E-state index in [4.69, 9.17) is 0 Å². The first-order valence-electron chi connectivity index (χ1n) is 9.14. The molecule has 0 radical (unpaired) electrons. The van der Waals surface area contributed by atoms with Crippen molar-refractivity contribution in [3.05, 3.63) is 69.3 Å². The molecule has 1 amide bonds. The van der Waals surface area contributed by atoms with Crippen molar-refractivity contribution in [1.29, 1.82) is 0 Å². The minimum Gasteiger partial charge on any atom is -0.348 e. The maximum Gasteiger partial charge on any atom is 0.271 e. The van der Waals surface area contributed by atoms with E-state index < -0.39 is 27.4 Å². The Kier molecular flexibility index (Phi) is 6.97. The molecule has 0 saturated carbocycles. The van der Waals surface area contributed by atoms with Crippen LogP contribution in [0.15, 0.2) is 42.5 Å². The van der Waals surface area contributed by atoms with Gasteiger partial charge < -0.3 is 5.32 Å². The topological polar surface area (TPSA) is 110 Å². The van der Waals surface area contributed by atoms with E-state index in [0.29, 0.717) is 5.56 Å². The van der Waals surface area contributed by atoms with Crippen molar-refractivity contribution in [2.75, 3.05) is 17.1 Å². The third kappa shape index (κ3) is 5.77. The van der Waals surface area contributed by atoms with Gasteiger partial charge in [-0.25, -0.2) is 8.42 Å². The zero-order valence-electron chi connectivity index (χ0n) is 16.9. The lowest BCUT2D eigenvalue weighted by Crippen LogP contribution is -2.41. The summed E-state index contributed by atoms with van der Waals surface area (Å²) in [6.45, 7) is 5.02. The molecule has 0 aromatic heterocycles. The quantitative estimate of drug-likeness (QED) is 0.522. The molecule has 0 saturated heterocycles. The van der Waals surface area contributed by atoms with Crippen LogP contribution >= 0.6 is 0 Å². The van der Waals surface area contributed by atoms with Gasteiger partial charge in [0.15, 0.2) is 0 Å². The van der Waals surface area contributed by atoms with Gasteiger partial charge in [-0.3, -0.25) is 19.2 Å². The monoisotopic (exact) mass is 419 g/mol. The molecule has 0 heterocycles. The van der Waals surface area contributed by atoms with Gasteiger partial charge in [0.25, 0.3) is 5.69 Å². The first kappa shape index (κ1) is 22.4. The second kappa shape index (κ2) is 9.04. The molecule has 2 aromatic rings. The number of rotatable bonds is 8. The molecule has 0 aliphatic rings. The highest BCUT2D eigenvalue weighted by Crippen LogP contribution is 2.27. The van der Waals surface area contributed by atoms with Crippen LogP contribution in [0.2, 0.25) is 0 Å². The number of nitro benzene ring substituents is 1. The highest BCUT2D eigenvalue weighted by molar-refractivity contribution is 7.92. The van der Waals surface area contributed by atoms with Crippen LogP contribution in [0.5, 0.6) is 0 Å². The van der Waals surface area contributed by atoms with Crippen LogP contribution in [0, 0.1) is 17.0 Å². The number of carbonyl (C=O) groups is 1. The molecule has 2 rings (SSSR count). The fourth-order valence-electron chi connectivity index (χ4n) is 2.90. The van der Waals surface area contributed by atoms with E-state index in [1.165, 1.54) is 17.7 Å². The van der Waals surface area contributed by atoms with Crippen molar-refractivity contribution in [2.24, 2.45) is 0 Å². The number of anilines is 1. The first-order valence-corrected chi connectivity index (χ1v) is 11.0. The summed E-state index contributed by atoms with van der Waals surface area (Å²) in [5.74, 6) is -0.506. The van der Waals surface area contributed by atoms with Gasteiger partial charge in [-0.1, -0.05) is 37.3 Å². The van der Waals surface area contributed by atoms with E-state index in [2.05, 4.69) is 12.2 Å². The number of nitro groups is 1. The van der Waals surface area contributed by atoms with E-state index >= 15 is 0 Å². The molecular weight excluding hydrogens is 394 g/mol. The zero-order valence-corrected chi connectivity index (χ0v) is 17.7. The number of hydrogen-bond donors (Lipinski definition) is 1. The molecule has 0 aliphatic heterocycles. The number of non-ortho nitro benzene ring substituents is 1. The highest BCUT2D eigenvalue weighted by atomic mass is 32.2. The Morgan fingerprint density at radius 1 is 1.21 bits per heavy atom. The van der Waals surface area contributed by atoms with E-state index in [-0.39, 0.29) is 17.4 Å². The van der Waals surface area contributed by atoms with Crippen molar-refractivity contribution in [3.63, 3.8) is 0 Å². The van der Waals surface area contributed by atoms with E-state index in [1.54, 1.807) is 6.92 Å². The number of benzene rings is 2. The summed E-state index contributed by atoms with van der Waals surface area (Å²) in [7, 11) is -3.84. The minimum absolute atomic E-state index is 0.108. The molecule has 0 bridgehead atoms. The van der Waals surface area contributed by atoms with Gasteiger partial charge in [-0.05, 0) is 37.0 Å². The van der Waals surface area contributed by atoms with E-state index in [1.807, 2.05) is 31.2 Å². The van der Waals surface area contributed by atoms with E-state index in [0.717, 1.165) is 28.6 Å². The lowest BCUT2D eigenvalue weighted by atomic mass is 10.1. The normalized spacial score (nSPS) is 12.3. The predicted molar refractivity (Wildman–Crippen MR) is 112 cm³/mol. The number of carbonyl (C=O) groups excluding carboxylic acids is 1. The van der Waals surface area contributed by atoms with Gasteiger partial charge in [-0.2, -0.15) is 0 Å². The van der Waals surface area contributed by atoms with Crippen molar-refractivity contribution in [1.82, 2.24) is 5.32 Å². The molecule has 0 fully saturated rings. The Morgan fingerprint density at radius 3 is 2.34 bits per heavy atom. The van der Waals surface area contributed by atoms with Crippen molar-refractivity contribution in [3.8, 4) is 0 Å². The number of sulfonamides is 1. The van der Waals surface area contributed by atoms with Crippen LogP contribution in [0.3, 0.4) is 0 Å². The summed E-state index contributed by atoms with van der Waals surface area (Å²) < 4.78 is 25.5. The van der Waals surface area contributed by atoms with Gasteiger partial charge in [0.1, 0.15) is 6.54 Å². The van der Waals surface area contributed by atoms with Crippen molar-refractivity contribution < 1.29 is 18.1 Å². The van der Waals surface area contributed by atoms with E-state index in [9.17, 15) is 23.3 Å². The average Bonchev–Trinajstić information content (AvgIpc) is 2.65. The van der Waals surface area contributed by atoms with Crippen molar-refractivity contribution in [2.45, 2.75) is 33.2 Å². The molecule has 29 heavy (non-hydrogen) atoms. The SMILES string of the molecule is CCc1ccc([C@@H](C)NC(=O)CN(c2cc([N+](=O)[O-])ccc2C)S(C)(=O)=O)cc1. The van der Waals surface area contributed by atoms with Gasteiger partial charge in [0.2, 0.25) is 15.9 Å². The van der Waals surface area contributed by atoms with Crippen LogP contribution in [0.4, 0.5) is 11.4 Å². The maximum absolute atomic E-state index is 12.6. The number of amides is 1. The second-order valence-corrected chi connectivity index (χ2v) is 8.79. The largest absolute Gasteiger partial charge is 0.348 e. The third-order valence-electron chi connectivity index (χ3n) is 4.63. The molecule has 1 atom stereocenters. The lowest BCUT2D eigenvalue weighted by molar-refractivity contribution is -0.384. The summed E-state index contributed by atoms with van der Waals surface area (Å²) >= 11 is 0. The molecule has 1 N–H and O–H groups in total. The van der Waals surface area contributed by atoms with Gasteiger partial charge in [0, 0.05) is 12.1 Å². The standard InChI is InChI=1S/C20H25N3O5S/c1-5-16-7-9-17(10-8-16)15(3)21-20(24)13-22(29(4,27)28)19-12-18(23(25)26)11-6-14(19)2/h6-12,15H,5,13H2,1-4H3,(H,21,24)/t15-/m1/s1. The summed E-state index contributed by atoms with van der Waals surface area (Å²) in [5, 5.41) is 13.8. The summed E-state index contributed by atoms with van der Waals surface area (Å²) in [5.41, 5.74) is 2.45. The summed E-state index contributed by atoms with van der Waals surface area (Å²) in [6, 6.07) is 11.4. The van der Waals surface area contributed by atoms with Gasteiger partial charge in [0.05, 0.1) is 22.9 Å². The Balaban J connectivity index is 2.23. The molecular formula is C20H25N3O5S. The Bertz CT molecular complexity index is 1000. The molecule has 0 spiro atoms. The Hall–Kier alpha value is -2.94. The number of nitrogens with zero attached hydrogens (tertiary/aromatic N) is 2. The lowest BCUT2D eigenvalue weighted by Gasteiger charge is -2.24. The smallest absolute Gasteiger partial charge is 0.271 e. The highest BCUT2D eigenvalue weighted by Gasteiger charge is 2.25. The number of nitrogens with one attached hydrogen (secondary N) is 1. The molecule has 0 unspecified atom stereocenters. The summed E-state index contributed by atoms with van der Waals surface area (Å²) in [6.07, 6.45) is 1.87. The van der Waals surface area contributed by atoms with Gasteiger partial charge >= 0.3 is 0 Å².